The van der Waals surface area contributed by atoms with Gasteiger partial charge in [-0.05, 0) is 43.2 Å². The van der Waals surface area contributed by atoms with E-state index in [0.29, 0.717) is 11.4 Å². The van der Waals surface area contributed by atoms with E-state index >= 15 is 0 Å². The molecular formula is C18H19N3O4. The number of rotatable bonds is 4. The Balaban J connectivity index is 1.68. The minimum absolute atomic E-state index is 0.142. The van der Waals surface area contributed by atoms with Crippen molar-refractivity contribution in [2.75, 3.05) is 5.32 Å². The number of aliphatic hydroxyl groups is 1. The van der Waals surface area contributed by atoms with Crippen LogP contribution in [0.4, 0.5) is 5.69 Å². The predicted octanol–water partition coefficient (Wildman–Crippen LogP) is 0.648. The number of benzene rings is 1. The van der Waals surface area contributed by atoms with Crippen molar-refractivity contribution >= 4 is 17.5 Å². The first-order valence-corrected chi connectivity index (χ1v) is 8.02. The van der Waals surface area contributed by atoms with Crippen LogP contribution >= 0.6 is 0 Å². The third-order valence-corrected chi connectivity index (χ3v) is 4.50. The van der Waals surface area contributed by atoms with Gasteiger partial charge < -0.3 is 16.2 Å². The molecular weight excluding hydrogens is 322 g/mol. The van der Waals surface area contributed by atoms with Crippen LogP contribution in [0.1, 0.15) is 12.8 Å². The lowest BCUT2D eigenvalue weighted by Gasteiger charge is -2.11. The van der Waals surface area contributed by atoms with Crippen molar-refractivity contribution in [3.05, 3.63) is 59.0 Å². The van der Waals surface area contributed by atoms with Crippen LogP contribution in [-0.2, 0) is 9.59 Å². The molecule has 0 radical (unpaired) electrons. The standard InChI is InChI=1S/C18H19N3O4/c19-17(24)14-9-11(10-15(14)22)18(25)20-12-4-6-13(7-5-12)21-8-2-1-3-16(21)23/h1-8,11,14-15,22H,9-10H2,(H2,19,24)(H,20,25)/t11-,14+,15+/m1/s1. The van der Waals surface area contributed by atoms with E-state index in [1.165, 1.54) is 10.6 Å². The lowest BCUT2D eigenvalue weighted by Crippen LogP contribution is -2.29. The highest BCUT2D eigenvalue weighted by Crippen LogP contribution is 2.32. The fourth-order valence-corrected chi connectivity index (χ4v) is 3.13. The average molecular weight is 341 g/mol. The number of amides is 2. The third-order valence-electron chi connectivity index (χ3n) is 4.50. The normalized spacial score (nSPS) is 22.5. The van der Waals surface area contributed by atoms with Crippen LogP contribution < -0.4 is 16.6 Å². The molecule has 2 aromatic rings. The second-order valence-corrected chi connectivity index (χ2v) is 6.19. The van der Waals surface area contributed by atoms with Gasteiger partial charge in [0.05, 0.1) is 12.0 Å². The zero-order valence-electron chi connectivity index (χ0n) is 13.5. The molecule has 130 valence electrons. The topological polar surface area (TPSA) is 114 Å². The van der Waals surface area contributed by atoms with Crippen LogP contribution in [0.3, 0.4) is 0 Å². The van der Waals surface area contributed by atoms with Crippen molar-refractivity contribution < 1.29 is 14.7 Å². The fraction of sp³-hybridized carbons (Fsp3) is 0.278. The zero-order valence-corrected chi connectivity index (χ0v) is 13.5. The molecule has 0 saturated heterocycles. The highest BCUT2D eigenvalue weighted by Gasteiger charge is 2.39. The van der Waals surface area contributed by atoms with Crippen LogP contribution in [0.25, 0.3) is 5.69 Å². The summed E-state index contributed by atoms with van der Waals surface area (Å²) in [5.74, 6) is -1.97. The maximum Gasteiger partial charge on any atom is 0.255 e. The number of nitrogens with zero attached hydrogens (tertiary/aromatic N) is 1. The van der Waals surface area contributed by atoms with Gasteiger partial charge in [0.15, 0.2) is 0 Å². The van der Waals surface area contributed by atoms with Gasteiger partial charge in [-0.2, -0.15) is 0 Å². The molecule has 1 aromatic carbocycles. The minimum Gasteiger partial charge on any atom is -0.392 e. The van der Waals surface area contributed by atoms with Crippen LogP contribution in [-0.4, -0.2) is 27.6 Å². The zero-order chi connectivity index (χ0) is 18.0. The number of hydrogen-bond donors (Lipinski definition) is 3. The first-order chi connectivity index (χ1) is 12.0. The summed E-state index contributed by atoms with van der Waals surface area (Å²) in [6.45, 7) is 0. The van der Waals surface area contributed by atoms with Crippen LogP contribution in [0.15, 0.2) is 53.5 Å². The molecule has 0 spiro atoms. The van der Waals surface area contributed by atoms with Gasteiger partial charge in [-0.15, -0.1) is 0 Å². The molecule has 4 N–H and O–H groups in total. The molecule has 1 saturated carbocycles. The second-order valence-electron chi connectivity index (χ2n) is 6.19. The van der Waals surface area contributed by atoms with E-state index in [-0.39, 0.29) is 24.3 Å². The number of pyridine rings is 1. The molecule has 3 rings (SSSR count). The Labute approximate surface area is 144 Å². The Bertz CT molecular complexity index is 844. The highest BCUT2D eigenvalue weighted by atomic mass is 16.3. The molecule has 1 heterocycles. The lowest BCUT2D eigenvalue weighted by molar-refractivity contribution is -0.124. The van der Waals surface area contributed by atoms with Crippen molar-refractivity contribution in [3.63, 3.8) is 0 Å². The predicted molar refractivity (Wildman–Crippen MR) is 92.1 cm³/mol. The third kappa shape index (κ3) is 3.61. The van der Waals surface area contributed by atoms with Gasteiger partial charge in [-0.1, -0.05) is 6.07 Å². The summed E-state index contributed by atoms with van der Waals surface area (Å²) in [7, 11) is 0. The molecule has 1 aliphatic rings. The van der Waals surface area contributed by atoms with E-state index in [1.807, 2.05) is 0 Å². The number of primary amides is 1. The van der Waals surface area contributed by atoms with Crippen molar-refractivity contribution in [1.82, 2.24) is 4.57 Å². The van der Waals surface area contributed by atoms with Gasteiger partial charge >= 0.3 is 0 Å². The summed E-state index contributed by atoms with van der Waals surface area (Å²) in [6, 6.07) is 11.8. The highest BCUT2D eigenvalue weighted by molar-refractivity contribution is 5.93. The molecule has 1 aromatic heterocycles. The number of carbonyl (C=O) groups is 2. The Morgan fingerprint density at radius 3 is 2.44 bits per heavy atom. The monoisotopic (exact) mass is 341 g/mol. The number of nitrogens with one attached hydrogen (secondary N) is 1. The number of aliphatic hydroxyl groups excluding tert-OH is 1. The number of carbonyl (C=O) groups excluding carboxylic acids is 2. The lowest BCUT2D eigenvalue weighted by atomic mass is 10.0. The van der Waals surface area contributed by atoms with Gasteiger partial charge in [-0.3, -0.25) is 19.0 Å². The van der Waals surface area contributed by atoms with E-state index in [4.69, 9.17) is 5.73 Å². The quantitative estimate of drug-likeness (QED) is 0.757. The minimum atomic E-state index is -0.874. The number of nitrogens with two attached hydrogens (primary N) is 1. The van der Waals surface area contributed by atoms with Crippen LogP contribution in [0.5, 0.6) is 0 Å². The molecule has 7 heteroatoms. The fourth-order valence-electron chi connectivity index (χ4n) is 3.13. The van der Waals surface area contributed by atoms with Crippen molar-refractivity contribution in [1.29, 1.82) is 0 Å². The first kappa shape index (κ1) is 16.9. The largest absolute Gasteiger partial charge is 0.392 e. The average Bonchev–Trinajstić information content (AvgIpc) is 2.98. The molecule has 0 aliphatic heterocycles. The summed E-state index contributed by atoms with van der Waals surface area (Å²) in [5.41, 5.74) is 6.35. The first-order valence-electron chi connectivity index (χ1n) is 8.02. The SMILES string of the molecule is NC(=O)[C@H]1C[C@@H](C(=O)Nc2ccc(-n3ccccc3=O)cc2)C[C@@H]1O. The van der Waals surface area contributed by atoms with Gasteiger partial charge in [0.2, 0.25) is 11.8 Å². The summed E-state index contributed by atoms with van der Waals surface area (Å²) in [6.07, 6.45) is 1.26. The Morgan fingerprint density at radius 1 is 1.12 bits per heavy atom. The van der Waals surface area contributed by atoms with Gasteiger partial charge in [0.1, 0.15) is 0 Å². The van der Waals surface area contributed by atoms with Crippen molar-refractivity contribution in [3.8, 4) is 5.69 Å². The summed E-state index contributed by atoms with van der Waals surface area (Å²) < 4.78 is 1.50. The van der Waals surface area contributed by atoms with Crippen molar-refractivity contribution in [2.45, 2.75) is 18.9 Å². The smallest absolute Gasteiger partial charge is 0.255 e. The van der Waals surface area contributed by atoms with Gasteiger partial charge in [-0.25, -0.2) is 0 Å². The number of aromatic nitrogens is 1. The summed E-state index contributed by atoms with van der Waals surface area (Å²) in [5, 5.41) is 12.6. The van der Waals surface area contributed by atoms with Crippen molar-refractivity contribution in [2.24, 2.45) is 17.6 Å². The van der Waals surface area contributed by atoms with Gasteiger partial charge in [0.25, 0.3) is 5.56 Å². The van der Waals surface area contributed by atoms with E-state index in [2.05, 4.69) is 5.32 Å². The Hall–Kier alpha value is -2.93. The molecule has 1 aliphatic carbocycles. The Morgan fingerprint density at radius 2 is 1.84 bits per heavy atom. The molecule has 0 bridgehead atoms. The summed E-state index contributed by atoms with van der Waals surface area (Å²) in [4.78, 5) is 35.4. The second kappa shape index (κ2) is 6.90. The maximum atomic E-state index is 12.3. The van der Waals surface area contributed by atoms with Gasteiger partial charge in [0, 0.05) is 29.6 Å². The Kier molecular flexibility index (Phi) is 4.67. The molecule has 25 heavy (non-hydrogen) atoms. The molecule has 0 unspecified atom stereocenters. The maximum absolute atomic E-state index is 12.3. The van der Waals surface area contributed by atoms with Crippen LogP contribution in [0.2, 0.25) is 0 Å². The van der Waals surface area contributed by atoms with E-state index in [1.54, 1.807) is 42.6 Å². The molecule has 3 atom stereocenters. The number of anilines is 1. The van der Waals surface area contributed by atoms with Crippen LogP contribution in [0, 0.1) is 11.8 Å². The number of hydrogen-bond acceptors (Lipinski definition) is 4. The molecule has 7 nitrogen and oxygen atoms in total. The summed E-state index contributed by atoms with van der Waals surface area (Å²) >= 11 is 0. The molecule has 2 amide bonds. The molecule has 1 fully saturated rings. The van der Waals surface area contributed by atoms with E-state index in [0.717, 1.165) is 0 Å². The van der Waals surface area contributed by atoms with E-state index < -0.39 is 23.8 Å². The van der Waals surface area contributed by atoms with E-state index in [9.17, 15) is 19.5 Å².